The van der Waals surface area contributed by atoms with Gasteiger partial charge in [-0.2, -0.15) is 0 Å². The van der Waals surface area contributed by atoms with Crippen molar-refractivity contribution in [2.24, 2.45) is 0 Å². The van der Waals surface area contributed by atoms with Crippen LogP contribution in [0, 0.1) is 0 Å². The molecule has 0 aliphatic carbocycles. The second-order valence-electron chi connectivity index (χ2n) is 0. The van der Waals surface area contributed by atoms with E-state index in [9.17, 15) is 0 Å². The van der Waals surface area contributed by atoms with Crippen LogP contribution in [0.5, 0.6) is 0 Å². The molecule has 24 valence electrons. The molecule has 0 aromatic carbocycles. The Hall–Kier alpha value is 3.62. The molecule has 0 aliphatic heterocycles. The molecule has 0 heterocycles. The molecule has 0 amide bonds. The van der Waals surface area contributed by atoms with Gasteiger partial charge >= 0.3 is 68.5 Å². The first-order chi connectivity index (χ1) is 0. The first-order valence-electron chi connectivity index (χ1n) is 0. The third-order valence-corrected chi connectivity index (χ3v) is 0. The molecule has 0 radical (unpaired) electrons. The van der Waals surface area contributed by atoms with Gasteiger partial charge in [0, 0.05) is 19.5 Å². The molecule has 0 rings (SSSR count). The summed E-state index contributed by atoms with van der Waals surface area (Å²) in [5.74, 6) is 0. The van der Waals surface area contributed by atoms with E-state index in [2.05, 4.69) is 0 Å². The van der Waals surface area contributed by atoms with Gasteiger partial charge in [-0.05, 0) is 11.0 Å². The fourth-order valence-electron chi connectivity index (χ4n) is 0. The first kappa shape index (κ1) is 38.2. The van der Waals surface area contributed by atoms with Gasteiger partial charge in [0.1, 0.15) is 0 Å². The summed E-state index contributed by atoms with van der Waals surface area (Å²) in [5, 5.41) is 0. The summed E-state index contributed by atoms with van der Waals surface area (Å²) in [6.45, 7) is 0. The number of hydrogen-bond acceptors (Lipinski definition) is 0. The predicted molar refractivity (Wildman–Crippen MR) is 38.4 cm³/mol. The number of rotatable bonds is 0. The molecule has 0 aromatic rings. The van der Waals surface area contributed by atoms with Crippen LogP contribution in [0.15, 0.2) is 0 Å². The smallest absolute Gasteiger partial charge is 0 e. The molecule has 0 aliphatic rings. The van der Waals surface area contributed by atoms with Crippen LogP contribution in [0.25, 0.3) is 0 Å². The molecule has 0 unspecified atom stereocenters. The molecular formula is H11AlMgSiSrZn. The molecule has 5 heavy (non-hydrogen) atoms. The second-order valence-corrected chi connectivity index (χ2v) is 0. The summed E-state index contributed by atoms with van der Waals surface area (Å²) < 4.78 is 0. The standard InChI is InChI=1S/Al.Mg.H4Si.Sr.Zn.7H/h;;1H4;;;;;;;;;. The third-order valence-electron chi connectivity index (χ3n) is 0. The van der Waals surface area contributed by atoms with Crippen molar-refractivity contribution >= 4 is 96.9 Å². The van der Waals surface area contributed by atoms with Crippen molar-refractivity contribution in [3.63, 3.8) is 0 Å². The zero-order valence-corrected chi connectivity index (χ0v) is 3.67. The van der Waals surface area contributed by atoms with Crippen LogP contribution < -0.4 is 0 Å². The van der Waals surface area contributed by atoms with E-state index in [-0.39, 0.29) is 116 Å². The molecule has 5 heteroatoms. The maximum absolute atomic E-state index is 0. The summed E-state index contributed by atoms with van der Waals surface area (Å²) in [4.78, 5) is 0. The summed E-state index contributed by atoms with van der Waals surface area (Å²) in [7, 11) is 0. The SMILES string of the molecule is [AlH3].[MgH2].[SiH4].[SrH2].[Zn]. The van der Waals surface area contributed by atoms with Gasteiger partial charge in [-0.15, -0.1) is 0 Å². The molecular weight excluding hydrogens is 232 g/mol. The minimum absolute atomic E-state index is 0. The number of hydrogen-bond donors (Lipinski definition) is 0. The Labute approximate surface area is 114 Å². The van der Waals surface area contributed by atoms with Crippen LogP contribution in [0.3, 0.4) is 0 Å². The average molecular weight is 243 g/mol. The maximum Gasteiger partial charge on any atom is 0 e. The van der Waals surface area contributed by atoms with Gasteiger partial charge in [0.15, 0.2) is 17.4 Å². The largest absolute Gasteiger partial charge is 0 e. The van der Waals surface area contributed by atoms with E-state index >= 15 is 0 Å². The van der Waals surface area contributed by atoms with Crippen molar-refractivity contribution < 1.29 is 19.5 Å². The Kier molecular flexibility index (Phi) is 195. The maximum atomic E-state index is 0. The fourth-order valence-corrected chi connectivity index (χ4v) is 0. The van der Waals surface area contributed by atoms with E-state index in [1.54, 1.807) is 0 Å². The van der Waals surface area contributed by atoms with Gasteiger partial charge < -0.3 is 0 Å². The summed E-state index contributed by atoms with van der Waals surface area (Å²) in [6, 6.07) is 0. The van der Waals surface area contributed by atoms with Crippen molar-refractivity contribution in [1.29, 1.82) is 0 Å². The molecule has 0 saturated heterocycles. The monoisotopic (exact) mass is 242 g/mol. The molecule has 0 bridgehead atoms. The molecule has 0 N–H and O–H groups in total. The Balaban J connectivity index is 0. The Bertz CT molecular complexity index is 11.6. The topological polar surface area (TPSA) is 0 Å². The quantitative estimate of drug-likeness (QED) is 0.377. The summed E-state index contributed by atoms with van der Waals surface area (Å²) in [6.07, 6.45) is 0. The van der Waals surface area contributed by atoms with Crippen LogP contribution in [0.4, 0.5) is 0 Å². The summed E-state index contributed by atoms with van der Waals surface area (Å²) in [5.41, 5.74) is 0. The van der Waals surface area contributed by atoms with Crippen LogP contribution in [0.1, 0.15) is 0 Å². The van der Waals surface area contributed by atoms with E-state index in [4.69, 9.17) is 0 Å². The van der Waals surface area contributed by atoms with Crippen molar-refractivity contribution in [3.05, 3.63) is 0 Å². The molecule has 0 atom stereocenters. The zero-order valence-electron chi connectivity index (χ0n) is 0.707. The van der Waals surface area contributed by atoms with Crippen molar-refractivity contribution in [2.75, 3.05) is 0 Å². The van der Waals surface area contributed by atoms with Gasteiger partial charge in [-0.1, -0.05) is 0 Å². The molecule has 0 aromatic heterocycles. The fraction of sp³-hybridized carbons (Fsp3) is 0. The van der Waals surface area contributed by atoms with Crippen LogP contribution in [-0.4, -0.2) is 96.9 Å². The van der Waals surface area contributed by atoms with Crippen LogP contribution >= 0.6 is 0 Å². The molecule has 0 nitrogen and oxygen atoms in total. The second kappa shape index (κ2) is 25.5. The van der Waals surface area contributed by atoms with Gasteiger partial charge in [0.2, 0.25) is 0 Å². The minimum Gasteiger partial charge on any atom is 0 e. The molecule has 0 spiro atoms. The van der Waals surface area contributed by atoms with E-state index < -0.39 is 0 Å². The zero-order chi connectivity index (χ0) is 0. The van der Waals surface area contributed by atoms with Gasteiger partial charge in [-0.3, -0.25) is 0 Å². The normalized spacial score (nSPS) is 0. The first-order valence-corrected chi connectivity index (χ1v) is 0. The predicted octanol–water partition coefficient (Wildman–Crippen LogP) is -4.47. The van der Waals surface area contributed by atoms with E-state index in [1.807, 2.05) is 0 Å². The molecule has 0 fully saturated rings. The Morgan fingerprint density at radius 1 is 1.00 bits per heavy atom. The van der Waals surface area contributed by atoms with Crippen molar-refractivity contribution in [2.45, 2.75) is 0 Å². The van der Waals surface area contributed by atoms with Gasteiger partial charge in [-0.25, -0.2) is 0 Å². The van der Waals surface area contributed by atoms with E-state index in [0.717, 1.165) is 0 Å². The van der Waals surface area contributed by atoms with Crippen LogP contribution in [0.2, 0.25) is 0 Å². The van der Waals surface area contributed by atoms with Crippen molar-refractivity contribution in [1.82, 2.24) is 0 Å². The third kappa shape index (κ3) is 18.4. The summed E-state index contributed by atoms with van der Waals surface area (Å²) >= 11 is 0. The average Bonchev–Trinajstić information content (AvgIpc) is 0. The van der Waals surface area contributed by atoms with Crippen LogP contribution in [-0.2, 0) is 19.5 Å². The van der Waals surface area contributed by atoms with Gasteiger partial charge in [0.25, 0.3) is 0 Å². The van der Waals surface area contributed by atoms with E-state index in [1.165, 1.54) is 0 Å². The minimum atomic E-state index is 0. The Morgan fingerprint density at radius 3 is 1.00 bits per heavy atom. The van der Waals surface area contributed by atoms with Gasteiger partial charge in [0.05, 0.1) is 0 Å². The molecule has 0 saturated carbocycles. The van der Waals surface area contributed by atoms with Crippen molar-refractivity contribution in [3.8, 4) is 0 Å². The Morgan fingerprint density at radius 2 is 1.00 bits per heavy atom. The van der Waals surface area contributed by atoms with E-state index in [0.29, 0.717) is 0 Å².